The van der Waals surface area contributed by atoms with Crippen LogP contribution >= 0.6 is 0 Å². The average Bonchev–Trinajstić information content (AvgIpc) is 3.73. The summed E-state index contributed by atoms with van der Waals surface area (Å²) in [4.78, 5) is 10.6. The molecule has 3 aromatic heterocycles. The average molecular weight is 639 g/mol. The van der Waals surface area contributed by atoms with Crippen molar-refractivity contribution in [1.82, 2.24) is 9.97 Å². The topological polar surface area (TPSA) is 52.1 Å². The van der Waals surface area contributed by atoms with Crippen LogP contribution in [0.5, 0.6) is 0 Å². The highest BCUT2D eigenvalue weighted by Crippen LogP contribution is 2.42. The first-order valence-electron chi connectivity index (χ1n) is 16.8. The van der Waals surface area contributed by atoms with Crippen LogP contribution in [0.1, 0.15) is 0 Å². The summed E-state index contributed by atoms with van der Waals surface area (Å²) in [7, 11) is 0. The molecule has 0 atom stereocenters. The molecule has 0 fully saturated rings. The van der Waals surface area contributed by atoms with Crippen LogP contribution in [0.4, 0.5) is 0 Å². The summed E-state index contributed by atoms with van der Waals surface area (Å²) in [5, 5.41) is 9.71. The maximum atomic E-state index is 6.56. The van der Waals surface area contributed by atoms with Gasteiger partial charge < -0.3 is 8.83 Å². The van der Waals surface area contributed by atoms with E-state index in [4.69, 9.17) is 18.8 Å². The van der Waals surface area contributed by atoms with Gasteiger partial charge in [0, 0.05) is 43.4 Å². The summed E-state index contributed by atoms with van der Waals surface area (Å²) in [6.45, 7) is 0. The van der Waals surface area contributed by atoms with Crippen LogP contribution in [-0.2, 0) is 0 Å². The van der Waals surface area contributed by atoms with Gasteiger partial charge in [0.05, 0.1) is 11.2 Å². The highest BCUT2D eigenvalue weighted by molar-refractivity contribution is 6.19. The molecule has 3 heterocycles. The van der Waals surface area contributed by atoms with E-state index in [0.717, 1.165) is 93.3 Å². The third-order valence-corrected chi connectivity index (χ3v) is 10.0. The molecule has 0 unspecified atom stereocenters. The molecule has 0 radical (unpaired) electrons. The maximum absolute atomic E-state index is 6.56. The van der Waals surface area contributed by atoms with Gasteiger partial charge in [-0.3, -0.25) is 0 Å². The fourth-order valence-electron chi connectivity index (χ4n) is 7.62. The van der Waals surface area contributed by atoms with E-state index in [9.17, 15) is 0 Å². The second-order valence-corrected chi connectivity index (χ2v) is 12.9. The Morgan fingerprint density at radius 2 is 1.00 bits per heavy atom. The Hall–Kier alpha value is -6.78. The van der Waals surface area contributed by atoms with Gasteiger partial charge in [-0.2, -0.15) is 0 Å². The molecule has 232 valence electrons. The first kappa shape index (κ1) is 27.2. The van der Waals surface area contributed by atoms with E-state index >= 15 is 0 Å². The van der Waals surface area contributed by atoms with Crippen LogP contribution in [0.2, 0.25) is 0 Å². The van der Waals surface area contributed by atoms with Crippen LogP contribution in [0.25, 0.3) is 110 Å². The summed E-state index contributed by atoms with van der Waals surface area (Å²) in [5.74, 6) is 0.675. The zero-order valence-corrected chi connectivity index (χ0v) is 26.7. The lowest BCUT2D eigenvalue weighted by atomic mass is 9.97. The van der Waals surface area contributed by atoms with Crippen molar-refractivity contribution in [3.05, 3.63) is 158 Å². The van der Waals surface area contributed by atoms with E-state index < -0.39 is 0 Å². The lowest BCUT2D eigenvalue weighted by molar-refractivity contribution is 0.669. The van der Waals surface area contributed by atoms with Crippen molar-refractivity contribution in [2.24, 2.45) is 0 Å². The van der Waals surface area contributed by atoms with Crippen LogP contribution in [0, 0.1) is 0 Å². The lowest BCUT2D eigenvalue weighted by Gasteiger charge is -2.12. The van der Waals surface area contributed by atoms with Gasteiger partial charge in [0.15, 0.2) is 5.82 Å². The van der Waals surface area contributed by atoms with E-state index in [1.54, 1.807) is 0 Å². The van der Waals surface area contributed by atoms with Gasteiger partial charge in [0.25, 0.3) is 0 Å². The largest absolute Gasteiger partial charge is 0.456 e. The number of para-hydroxylation sites is 1. The Labute approximate surface area is 285 Å². The molecule has 4 heteroatoms. The minimum atomic E-state index is 0.675. The summed E-state index contributed by atoms with van der Waals surface area (Å²) < 4.78 is 12.9. The standard InChI is InChI=1S/C46H26N2O2/c1-2-10-27(11-3-1)30-18-20-42-37(23-30)38-26-39(32-14-6-7-15-33(32)45(38)50-42)46-47-40-17-9-8-16-34(40)44(48-46)31-19-21-41-35(24-31)36-22-28-12-4-5-13-29(28)25-43(36)49-41/h1-26H. The quantitative estimate of drug-likeness (QED) is 0.193. The Morgan fingerprint density at radius 1 is 0.360 bits per heavy atom. The Kier molecular flexibility index (Phi) is 5.63. The van der Waals surface area contributed by atoms with Crippen molar-refractivity contribution in [2.45, 2.75) is 0 Å². The first-order chi connectivity index (χ1) is 24.7. The van der Waals surface area contributed by atoms with Gasteiger partial charge in [-0.15, -0.1) is 0 Å². The summed E-state index contributed by atoms with van der Waals surface area (Å²) in [6, 6.07) is 54.9. The number of hydrogen-bond donors (Lipinski definition) is 0. The molecular weight excluding hydrogens is 613 g/mol. The number of aromatic nitrogens is 2. The molecule has 0 aliphatic heterocycles. The minimum absolute atomic E-state index is 0.675. The van der Waals surface area contributed by atoms with E-state index in [1.165, 1.54) is 10.9 Å². The Balaban J connectivity index is 1.16. The van der Waals surface area contributed by atoms with Gasteiger partial charge in [-0.1, -0.05) is 103 Å². The molecular formula is C46H26N2O2. The second-order valence-electron chi connectivity index (χ2n) is 12.9. The smallest absolute Gasteiger partial charge is 0.161 e. The third kappa shape index (κ3) is 4.06. The number of furan rings is 2. The fraction of sp³-hybridized carbons (Fsp3) is 0. The van der Waals surface area contributed by atoms with Crippen molar-refractivity contribution in [2.75, 3.05) is 0 Å². The predicted molar refractivity (Wildman–Crippen MR) is 205 cm³/mol. The van der Waals surface area contributed by atoms with Gasteiger partial charge >= 0.3 is 0 Å². The summed E-state index contributed by atoms with van der Waals surface area (Å²) in [5.41, 5.74) is 9.54. The molecule has 0 N–H and O–H groups in total. The van der Waals surface area contributed by atoms with Crippen molar-refractivity contribution in [3.63, 3.8) is 0 Å². The molecule has 0 aliphatic carbocycles. The minimum Gasteiger partial charge on any atom is -0.456 e. The number of rotatable bonds is 3. The Bertz CT molecular complexity index is 3150. The normalized spacial score (nSPS) is 12.0. The molecule has 50 heavy (non-hydrogen) atoms. The summed E-state index contributed by atoms with van der Waals surface area (Å²) in [6.07, 6.45) is 0. The molecule has 11 rings (SSSR count). The van der Waals surface area contributed by atoms with Crippen LogP contribution in [0.3, 0.4) is 0 Å². The van der Waals surface area contributed by atoms with Crippen molar-refractivity contribution < 1.29 is 8.83 Å². The number of nitrogens with zero attached hydrogens (tertiary/aromatic N) is 2. The van der Waals surface area contributed by atoms with Crippen LogP contribution < -0.4 is 0 Å². The predicted octanol–water partition coefficient (Wildman–Crippen LogP) is 12.7. The van der Waals surface area contributed by atoms with Crippen LogP contribution in [-0.4, -0.2) is 9.97 Å². The van der Waals surface area contributed by atoms with Gasteiger partial charge in [0.1, 0.15) is 22.3 Å². The maximum Gasteiger partial charge on any atom is 0.161 e. The highest BCUT2D eigenvalue weighted by atomic mass is 16.3. The van der Waals surface area contributed by atoms with Gasteiger partial charge in [-0.05, 0) is 81.9 Å². The van der Waals surface area contributed by atoms with Crippen molar-refractivity contribution in [3.8, 4) is 33.8 Å². The fourth-order valence-corrected chi connectivity index (χ4v) is 7.62. The molecule has 0 spiro atoms. The molecule has 0 bridgehead atoms. The highest BCUT2D eigenvalue weighted by Gasteiger charge is 2.19. The molecule has 0 saturated carbocycles. The summed E-state index contributed by atoms with van der Waals surface area (Å²) >= 11 is 0. The Morgan fingerprint density at radius 3 is 1.86 bits per heavy atom. The van der Waals surface area contributed by atoms with Crippen LogP contribution in [0.15, 0.2) is 167 Å². The molecule has 0 saturated heterocycles. The zero-order valence-electron chi connectivity index (χ0n) is 26.7. The van der Waals surface area contributed by atoms with Gasteiger partial charge in [-0.25, -0.2) is 9.97 Å². The van der Waals surface area contributed by atoms with Crippen molar-refractivity contribution in [1.29, 1.82) is 0 Å². The SMILES string of the molecule is c1ccc(-c2ccc3oc4c5ccccc5c(-c5nc(-c6ccc7oc8cc9ccccc9cc8c7c6)c6ccccc6n5)cc4c3c2)cc1. The van der Waals surface area contributed by atoms with Gasteiger partial charge in [0.2, 0.25) is 0 Å². The zero-order chi connectivity index (χ0) is 32.8. The third-order valence-electron chi connectivity index (χ3n) is 10.0. The number of hydrogen-bond acceptors (Lipinski definition) is 4. The molecule has 0 aliphatic rings. The molecule has 0 amide bonds. The lowest BCUT2D eigenvalue weighted by Crippen LogP contribution is -1.96. The number of benzene rings is 8. The molecule has 4 nitrogen and oxygen atoms in total. The second kappa shape index (κ2) is 10.4. The van der Waals surface area contributed by atoms with E-state index in [1.807, 2.05) is 12.1 Å². The first-order valence-corrected chi connectivity index (χ1v) is 16.8. The number of fused-ring (bicyclic) bond motifs is 10. The van der Waals surface area contributed by atoms with E-state index in [2.05, 4.69) is 146 Å². The monoisotopic (exact) mass is 638 g/mol. The van der Waals surface area contributed by atoms with Crippen molar-refractivity contribution >= 4 is 76.3 Å². The molecule has 8 aromatic carbocycles. The van der Waals surface area contributed by atoms with E-state index in [-0.39, 0.29) is 0 Å². The van der Waals surface area contributed by atoms with E-state index in [0.29, 0.717) is 5.82 Å². The molecule has 11 aromatic rings.